The van der Waals surface area contributed by atoms with Crippen LogP contribution >= 0.6 is 0 Å². The molecule has 314 valence electrons. The number of para-hydroxylation sites is 2. The van der Waals surface area contributed by atoms with Gasteiger partial charge in [-0.05, 0) is 125 Å². The molecule has 0 unspecified atom stereocenters. The Labute approximate surface area is 379 Å². The molecule has 0 fully saturated rings. The van der Waals surface area contributed by atoms with Gasteiger partial charge in [0.05, 0.1) is 40.9 Å². The largest absolute Gasteiger partial charge is 0.415 e. The summed E-state index contributed by atoms with van der Waals surface area (Å²) in [6, 6.07) is 61.4. The Morgan fingerprint density at radius 2 is 0.939 bits per heavy atom. The molecule has 0 saturated heterocycles. The molecule has 2 heterocycles. The highest BCUT2D eigenvalue weighted by atomic mass is 19.4. The van der Waals surface area contributed by atoms with E-state index in [1.165, 1.54) is 17.2 Å². The fourth-order valence-corrected chi connectivity index (χ4v) is 9.63. The zero-order valence-corrected chi connectivity index (χ0v) is 35.8. The van der Waals surface area contributed by atoms with Crippen molar-refractivity contribution in [3.63, 3.8) is 0 Å². The van der Waals surface area contributed by atoms with Crippen LogP contribution in [0.3, 0.4) is 0 Å². The smallest absolute Gasteiger partial charge is 0.309 e. The van der Waals surface area contributed by atoms with Crippen LogP contribution < -0.4 is 0 Å². The fourth-order valence-electron chi connectivity index (χ4n) is 9.63. The monoisotopic (exact) mass is 858 g/mol. The Morgan fingerprint density at radius 3 is 1.53 bits per heavy atom. The van der Waals surface area contributed by atoms with Gasteiger partial charge in [0.25, 0.3) is 0 Å². The second-order valence-electron chi connectivity index (χ2n) is 16.8. The molecule has 11 aromatic rings. The Kier molecular flexibility index (Phi) is 9.46. The number of aryl methyl sites for hydroxylation is 2. The highest BCUT2D eigenvalue weighted by molar-refractivity contribution is 6.12. The van der Waals surface area contributed by atoms with Crippen molar-refractivity contribution >= 4 is 55.0 Å². The predicted octanol–water partition coefficient (Wildman–Crippen LogP) is 17.3. The molecule has 9 aromatic carbocycles. The first-order chi connectivity index (χ1) is 32.1. The number of halogens is 3. The molecule has 0 bridgehead atoms. The SMILES string of the molecule is [C-]#[N+]c1cc(C(F)(F)F)ccc1-c1ccc(-n2c3ccccc3c3cc(-c4cccc(C)c4)ccc32)c(-c2cc(-n3c4ccccc4c4cc(-c5cccc(C)c5)ccc43)ccc2[N+]#[C-])c1. The van der Waals surface area contributed by atoms with E-state index in [1.54, 1.807) is 0 Å². The van der Waals surface area contributed by atoms with E-state index >= 15 is 0 Å². The summed E-state index contributed by atoms with van der Waals surface area (Å²) in [5.41, 5.74) is 14.0. The molecule has 0 N–H and O–H groups in total. The maximum absolute atomic E-state index is 13.9. The van der Waals surface area contributed by atoms with Gasteiger partial charge in [-0.25, -0.2) is 9.69 Å². The average Bonchev–Trinajstić information content (AvgIpc) is 3.85. The van der Waals surface area contributed by atoms with E-state index in [-0.39, 0.29) is 5.69 Å². The summed E-state index contributed by atoms with van der Waals surface area (Å²) >= 11 is 0. The zero-order valence-electron chi connectivity index (χ0n) is 35.8. The molecule has 0 spiro atoms. The van der Waals surface area contributed by atoms with E-state index in [0.717, 1.165) is 89.4 Å². The number of nitrogens with zero attached hydrogens (tertiary/aromatic N) is 4. The van der Waals surface area contributed by atoms with Crippen molar-refractivity contribution in [2.45, 2.75) is 20.0 Å². The second kappa shape index (κ2) is 15.6. The van der Waals surface area contributed by atoms with Gasteiger partial charge in [0.15, 0.2) is 11.4 Å². The number of fused-ring (bicyclic) bond motifs is 6. The lowest BCUT2D eigenvalue weighted by Gasteiger charge is -2.19. The summed E-state index contributed by atoms with van der Waals surface area (Å²) in [4.78, 5) is 7.66. The standard InChI is InChI=1S/C59H37F3N4/c1-36-11-9-13-38(29-36)40-19-26-56-49(31-40)46-15-5-7-17-54(46)65(56)44-23-25-52(63-3)48(35-44)51-33-42(45-24-22-43(59(60,61)62)34-53(45)64-4)21-28-58(51)66-55-18-8-6-16-47(55)50-32-41(20-27-57(50)66)39-14-10-12-37(2)30-39/h5-35H,1-2H3. The summed E-state index contributed by atoms with van der Waals surface area (Å²) in [7, 11) is 0. The van der Waals surface area contributed by atoms with Crippen LogP contribution in [0, 0.1) is 27.0 Å². The second-order valence-corrected chi connectivity index (χ2v) is 16.8. The van der Waals surface area contributed by atoms with E-state index in [0.29, 0.717) is 27.9 Å². The van der Waals surface area contributed by atoms with E-state index in [4.69, 9.17) is 13.1 Å². The summed E-state index contributed by atoms with van der Waals surface area (Å²) in [5, 5.41) is 4.27. The lowest BCUT2D eigenvalue weighted by Crippen LogP contribution is -2.04. The zero-order chi connectivity index (χ0) is 45.3. The Morgan fingerprint density at radius 1 is 0.394 bits per heavy atom. The van der Waals surface area contributed by atoms with Crippen molar-refractivity contribution in [1.82, 2.24) is 9.13 Å². The third-order valence-corrected chi connectivity index (χ3v) is 12.7. The number of alkyl halides is 3. The summed E-state index contributed by atoms with van der Waals surface area (Å²) < 4.78 is 46.2. The normalized spacial score (nSPS) is 11.7. The first kappa shape index (κ1) is 40.1. The van der Waals surface area contributed by atoms with E-state index in [2.05, 4.69) is 142 Å². The number of benzene rings is 9. The van der Waals surface area contributed by atoms with Crippen molar-refractivity contribution in [2.24, 2.45) is 0 Å². The highest BCUT2D eigenvalue weighted by Gasteiger charge is 2.31. The predicted molar refractivity (Wildman–Crippen MR) is 264 cm³/mol. The van der Waals surface area contributed by atoms with Crippen LogP contribution in [-0.2, 0) is 6.18 Å². The van der Waals surface area contributed by atoms with Crippen LogP contribution in [0.5, 0.6) is 0 Å². The van der Waals surface area contributed by atoms with E-state index < -0.39 is 11.7 Å². The lowest BCUT2D eigenvalue weighted by molar-refractivity contribution is -0.137. The minimum atomic E-state index is -4.61. The Bertz CT molecular complexity index is 3870. The average molecular weight is 859 g/mol. The molecule has 0 saturated carbocycles. The van der Waals surface area contributed by atoms with Gasteiger partial charge in [0.1, 0.15) is 0 Å². The molecule has 2 aromatic heterocycles. The molecule has 0 atom stereocenters. The molecule has 0 aliphatic carbocycles. The fraction of sp³-hybridized carbons (Fsp3) is 0.0508. The Balaban J connectivity index is 1.18. The van der Waals surface area contributed by atoms with Crippen molar-refractivity contribution in [2.75, 3.05) is 0 Å². The minimum Gasteiger partial charge on any atom is -0.309 e. The van der Waals surface area contributed by atoms with Crippen LogP contribution in [0.15, 0.2) is 188 Å². The van der Waals surface area contributed by atoms with Gasteiger partial charge >= 0.3 is 6.18 Å². The van der Waals surface area contributed by atoms with Crippen LogP contribution in [-0.4, -0.2) is 9.13 Å². The van der Waals surface area contributed by atoms with Crippen molar-refractivity contribution < 1.29 is 13.2 Å². The molecule has 0 aliphatic heterocycles. The van der Waals surface area contributed by atoms with Crippen LogP contribution in [0.4, 0.5) is 24.5 Å². The van der Waals surface area contributed by atoms with Crippen molar-refractivity contribution in [1.29, 1.82) is 0 Å². The number of hydrogen-bond donors (Lipinski definition) is 0. The molecule has 0 amide bonds. The number of rotatable bonds is 6. The molecule has 0 radical (unpaired) electrons. The molecular formula is C59H37F3N4. The summed E-state index contributed by atoms with van der Waals surface area (Å²) in [5.74, 6) is 0. The molecule has 4 nitrogen and oxygen atoms in total. The van der Waals surface area contributed by atoms with Gasteiger partial charge in [-0.2, -0.15) is 13.2 Å². The van der Waals surface area contributed by atoms with E-state index in [1.807, 2.05) is 60.7 Å². The first-order valence-corrected chi connectivity index (χ1v) is 21.5. The van der Waals surface area contributed by atoms with Crippen molar-refractivity contribution in [3.8, 4) is 55.9 Å². The molecular weight excluding hydrogens is 822 g/mol. The number of aromatic nitrogens is 2. The maximum atomic E-state index is 13.9. The van der Waals surface area contributed by atoms with Gasteiger partial charge in [0, 0.05) is 32.8 Å². The maximum Gasteiger partial charge on any atom is 0.415 e. The molecule has 11 rings (SSSR count). The number of hydrogen-bond acceptors (Lipinski definition) is 0. The Hall–Kier alpha value is -8.65. The van der Waals surface area contributed by atoms with Crippen molar-refractivity contribution in [3.05, 3.63) is 228 Å². The minimum absolute atomic E-state index is 0.112. The van der Waals surface area contributed by atoms with Crippen LogP contribution in [0.25, 0.3) is 109 Å². The quantitative estimate of drug-likeness (QED) is 0.148. The van der Waals surface area contributed by atoms with Gasteiger partial charge in [-0.3, -0.25) is 0 Å². The third-order valence-electron chi connectivity index (χ3n) is 12.7. The van der Waals surface area contributed by atoms with Crippen LogP contribution in [0.2, 0.25) is 0 Å². The van der Waals surface area contributed by atoms with Gasteiger partial charge in [0.2, 0.25) is 0 Å². The summed E-state index contributed by atoms with van der Waals surface area (Å²) in [6.45, 7) is 20.7. The topological polar surface area (TPSA) is 18.6 Å². The first-order valence-electron chi connectivity index (χ1n) is 21.5. The highest BCUT2D eigenvalue weighted by Crippen LogP contribution is 2.46. The van der Waals surface area contributed by atoms with E-state index in [9.17, 15) is 13.2 Å². The molecule has 66 heavy (non-hydrogen) atoms. The molecule has 7 heteroatoms. The lowest BCUT2D eigenvalue weighted by atomic mass is 9.94. The van der Waals surface area contributed by atoms with Gasteiger partial charge in [-0.1, -0.05) is 132 Å². The third kappa shape index (κ3) is 6.69. The van der Waals surface area contributed by atoms with Gasteiger partial charge < -0.3 is 9.13 Å². The van der Waals surface area contributed by atoms with Crippen LogP contribution in [0.1, 0.15) is 16.7 Å². The summed E-state index contributed by atoms with van der Waals surface area (Å²) in [6.07, 6.45) is -4.61. The molecule has 0 aliphatic rings. The van der Waals surface area contributed by atoms with Gasteiger partial charge in [-0.15, -0.1) is 0 Å².